The molecule has 2 heterocycles. The molecule has 88 valence electrons. The first-order valence-electron chi connectivity index (χ1n) is 5.39. The largest absolute Gasteiger partial charge is 0.250 e. The van der Waals surface area contributed by atoms with E-state index in [1.807, 2.05) is 18.2 Å². The van der Waals surface area contributed by atoms with Gasteiger partial charge in [0.05, 0.1) is 0 Å². The molecule has 0 N–H and O–H groups in total. The molecule has 0 aliphatic rings. The van der Waals surface area contributed by atoms with Crippen molar-refractivity contribution in [2.24, 2.45) is 4.99 Å². The standard InChI is InChI=1S/C13H9N3S2/c1-2-5-10(6-3-1)11-9-12(18-17-11)16-13-14-7-4-8-15-13/h1-9H. The van der Waals surface area contributed by atoms with Crippen molar-refractivity contribution in [3.8, 4) is 10.4 Å². The summed E-state index contributed by atoms with van der Waals surface area (Å²) in [5.41, 5.74) is 1.22. The van der Waals surface area contributed by atoms with Crippen LogP contribution in [0.5, 0.6) is 0 Å². The van der Waals surface area contributed by atoms with Crippen LogP contribution in [0.2, 0.25) is 0 Å². The first kappa shape index (κ1) is 11.3. The van der Waals surface area contributed by atoms with Gasteiger partial charge >= 0.3 is 0 Å². The fourth-order valence-electron chi connectivity index (χ4n) is 1.48. The monoisotopic (exact) mass is 271 g/mol. The molecule has 1 aromatic carbocycles. The lowest BCUT2D eigenvalue weighted by atomic mass is 10.2. The highest BCUT2D eigenvalue weighted by Crippen LogP contribution is 2.24. The molecule has 5 heteroatoms. The topological polar surface area (TPSA) is 38.1 Å². The zero-order chi connectivity index (χ0) is 12.2. The molecular formula is C13H9N3S2. The minimum Gasteiger partial charge on any atom is -0.220 e. The van der Waals surface area contributed by atoms with Crippen LogP contribution in [0.3, 0.4) is 0 Å². The SMILES string of the molecule is c1ccc(-c2cc(=Nc3ncccn3)ss2)cc1. The van der Waals surface area contributed by atoms with E-state index in [1.54, 1.807) is 39.1 Å². The Kier molecular flexibility index (Phi) is 3.25. The molecule has 3 rings (SSSR count). The first-order chi connectivity index (χ1) is 8.92. The fourth-order valence-corrected chi connectivity index (χ4v) is 3.62. The molecule has 3 nitrogen and oxygen atoms in total. The van der Waals surface area contributed by atoms with E-state index in [9.17, 15) is 0 Å². The van der Waals surface area contributed by atoms with Gasteiger partial charge in [-0.25, -0.2) is 9.97 Å². The average Bonchev–Trinajstić information content (AvgIpc) is 2.89. The third kappa shape index (κ3) is 2.52. The zero-order valence-corrected chi connectivity index (χ0v) is 11.0. The lowest BCUT2D eigenvalue weighted by Gasteiger charge is -1.92. The highest BCUT2D eigenvalue weighted by atomic mass is 32.9. The molecule has 0 bridgehead atoms. The lowest BCUT2D eigenvalue weighted by molar-refractivity contribution is 1.11. The number of rotatable bonds is 2. The second-order valence-electron chi connectivity index (χ2n) is 3.54. The predicted octanol–water partition coefficient (Wildman–Crippen LogP) is 3.50. The number of hydrogen-bond acceptors (Lipinski definition) is 5. The average molecular weight is 271 g/mol. The van der Waals surface area contributed by atoms with E-state index in [1.165, 1.54) is 10.4 Å². The summed E-state index contributed by atoms with van der Waals surface area (Å²) in [5.74, 6) is 0.506. The van der Waals surface area contributed by atoms with Crippen LogP contribution in [0.4, 0.5) is 5.95 Å². The molecule has 0 saturated carbocycles. The number of benzene rings is 1. The van der Waals surface area contributed by atoms with E-state index >= 15 is 0 Å². The van der Waals surface area contributed by atoms with Gasteiger partial charge in [0, 0.05) is 17.3 Å². The summed E-state index contributed by atoms with van der Waals surface area (Å²) >= 11 is 0. The van der Waals surface area contributed by atoms with Crippen molar-refractivity contribution in [1.29, 1.82) is 0 Å². The van der Waals surface area contributed by atoms with Crippen molar-refractivity contribution in [2.75, 3.05) is 0 Å². The Morgan fingerprint density at radius 1 is 0.889 bits per heavy atom. The van der Waals surface area contributed by atoms with E-state index in [4.69, 9.17) is 0 Å². The summed E-state index contributed by atoms with van der Waals surface area (Å²) in [5, 5.41) is 0. The molecule has 0 saturated heterocycles. The minimum absolute atomic E-state index is 0.506. The van der Waals surface area contributed by atoms with Crippen molar-refractivity contribution < 1.29 is 0 Å². The van der Waals surface area contributed by atoms with Gasteiger partial charge in [-0.3, -0.25) is 0 Å². The van der Waals surface area contributed by atoms with Crippen LogP contribution in [-0.2, 0) is 0 Å². The summed E-state index contributed by atoms with van der Waals surface area (Å²) in [6.45, 7) is 0. The van der Waals surface area contributed by atoms with E-state index in [0.29, 0.717) is 5.95 Å². The minimum atomic E-state index is 0.506. The van der Waals surface area contributed by atoms with Gasteiger partial charge in [0.2, 0.25) is 0 Å². The third-order valence-electron chi connectivity index (χ3n) is 2.29. The molecule has 0 fully saturated rings. The van der Waals surface area contributed by atoms with Gasteiger partial charge in [0.25, 0.3) is 5.95 Å². The zero-order valence-electron chi connectivity index (χ0n) is 9.35. The van der Waals surface area contributed by atoms with Gasteiger partial charge in [0.15, 0.2) is 0 Å². The number of hydrogen-bond donors (Lipinski definition) is 0. The van der Waals surface area contributed by atoms with Crippen molar-refractivity contribution in [3.05, 3.63) is 59.5 Å². The molecule has 18 heavy (non-hydrogen) atoms. The number of aromatic nitrogens is 2. The maximum absolute atomic E-state index is 4.39. The van der Waals surface area contributed by atoms with Crippen LogP contribution in [0.1, 0.15) is 0 Å². The Morgan fingerprint density at radius 3 is 2.44 bits per heavy atom. The van der Waals surface area contributed by atoms with Gasteiger partial charge < -0.3 is 0 Å². The second-order valence-corrected chi connectivity index (χ2v) is 5.73. The summed E-state index contributed by atoms with van der Waals surface area (Å²) in [4.78, 5) is 13.8. The van der Waals surface area contributed by atoms with Crippen molar-refractivity contribution in [2.45, 2.75) is 0 Å². The van der Waals surface area contributed by atoms with Crippen molar-refractivity contribution >= 4 is 26.6 Å². The van der Waals surface area contributed by atoms with Gasteiger partial charge in [0.1, 0.15) is 4.67 Å². The van der Waals surface area contributed by atoms with Crippen molar-refractivity contribution in [1.82, 2.24) is 9.97 Å². The third-order valence-corrected chi connectivity index (χ3v) is 4.59. The maximum atomic E-state index is 4.39. The van der Waals surface area contributed by atoms with Crippen molar-refractivity contribution in [3.63, 3.8) is 0 Å². The molecule has 0 amide bonds. The van der Waals surface area contributed by atoms with Gasteiger partial charge in [-0.1, -0.05) is 51.0 Å². The quantitative estimate of drug-likeness (QED) is 0.669. The van der Waals surface area contributed by atoms with E-state index < -0.39 is 0 Å². The van der Waals surface area contributed by atoms with Crippen LogP contribution >= 0.6 is 20.7 Å². The molecule has 0 radical (unpaired) electrons. The van der Waals surface area contributed by atoms with Crippen LogP contribution < -0.4 is 4.67 Å². The summed E-state index contributed by atoms with van der Waals surface area (Å²) in [7, 11) is 3.35. The van der Waals surface area contributed by atoms with Crippen LogP contribution in [-0.4, -0.2) is 9.97 Å². The molecule has 0 spiro atoms. The lowest BCUT2D eigenvalue weighted by Crippen LogP contribution is -1.90. The van der Waals surface area contributed by atoms with E-state index in [2.05, 4.69) is 33.2 Å². The van der Waals surface area contributed by atoms with Gasteiger partial charge in [-0.2, -0.15) is 4.99 Å². The van der Waals surface area contributed by atoms with Crippen LogP contribution in [0.25, 0.3) is 10.4 Å². The second kappa shape index (κ2) is 5.20. The van der Waals surface area contributed by atoms with E-state index in [0.717, 1.165) is 4.67 Å². The normalized spacial score (nSPS) is 11.7. The highest BCUT2D eigenvalue weighted by Gasteiger charge is 2.00. The summed E-state index contributed by atoms with van der Waals surface area (Å²) < 4.78 is 0.935. The highest BCUT2D eigenvalue weighted by molar-refractivity contribution is 7.69. The smallest absolute Gasteiger partial charge is 0.220 e. The molecule has 2 aromatic heterocycles. The maximum Gasteiger partial charge on any atom is 0.250 e. The Labute approximate surface area is 112 Å². The Balaban J connectivity index is 1.98. The van der Waals surface area contributed by atoms with Gasteiger partial charge in [-0.05, 0) is 17.7 Å². The molecule has 3 aromatic rings. The predicted molar refractivity (Wildman–Crippen MR) is 74.9 cm³/mol. The number of nitrogens with zero attached hydrogens (tertiary/aromatic N) is 3. The Bertz CT molecular complexity index is 687. The molecule has 0 atom stereocenters. The molecular weight excluding hydrogens is 262 g/mol. The molecule has 0 aliphatic carbocycles. The molecule has 0 aliphatic heterocycles. The van der Waals surface area contributed by atoms with Crippen LogP contribution in [0.15, 0.2) is 59.9 Å². The van der Waals surface area contributed by atoms with Crippen LogP contribution in [0, 0.1) is 0 Å². The van der Waals surface area contributed by atoms with Gasteiger partial charge in [-0.15, -0.1) is 0 Å². The first-order valence-corrected chi connectivity index (χ1v) is 7.54. The fraction of sp³-hybridized carbons (Fsp3) is 0. The summed E-state index contributed by atoms with van der Waals surface area (Å²) in [6, 6.07) is 14.1. The Morgan fingerprint density at radius 2 is 1.67 bits per heavy atom. The Hall–Kier alpha value is -1.85. The summed E-state index contributed by atoms with van der Waals surface area (Å²) in [6.07, 6.45) is 3.39. The van der Waals surface area contributed by atoms with E-state index in [-0.39, 0.29) is 0 Å². The molecule has 0 unspecified atom stereocenters.